The van der Waals surface area contributed by atoms with E-state index in [2.05, 4.69) is 81.7 Å². The molecule has 0 radical (unpaired) electrons. The van der Waals surface area contributed by atoms with Crippen molar-refractivity contribution in [2.75, 3.05) is 10.7 Å². The summed E-state index contributed by atoms with van der Waals surface area (Å²) in [6.45, 7) is 4.66. The van der Waals surface area contributed by atoms with Crippen LogP contribution < -0.4 is 0 Å². The van der Waals surface area contributed by atoms with Crippen molar-refractivity contribution in [2.24, 2.45) is 11.3 Å². The lowest BCUT2D eigenvalue weighted by molar-refractivity contribution is 0.282. The fourth-order valence-electron chi connectivity index (χ4n) is 3.05. The Morgan fingerprint density at radius 1 is 1.26 bits per heavy atom. The molecule has 0 N–H and O–H groups in total. The van der Waals surface area contributed by atoms with Crippen molar-refractivity contribution in [3.8, 4) is 0 Å². The second-order valence-corrected chi connectivity index (χ2v) is 8.58. The van der Waals surface area contributed by atoms with Gasteiger partial charge in [0.15, 0.2) is 0 Å². The molecule has 1 heterocycles. The minimum absolute atomic E-state index is 0.397. The standard InChI is InChI=1S/C16H22Br2S/c1-12(2)8-16(10-17,11-18)9-14-7-13-5-3-4-6-15(13)19-14/h3-6,12,14H,7-11H2,1-2H3. The SMILES string of the molecule is CC(C)CC(CBr)(CBr)CC1Cc2ccccc2S1. The van der Waals surface area contributed by atoms with Crippen LogP contribution in [0.2, 0.25) is 0 Å². The van der Waals surface area contributed by atoms with Crippen LogP contribution in [-0.2, 0) is 6.42 Å². The van der Waals surface area contributed by atoms with Crippen molar-refractivity contribution in [2.45, 2.75) is 43.3 Å². The summed E-state index contributed by atoms with van der Waals surface area (Å²) in [6.07, 6.45) is 3.82. The molecule has 0 fully saturated rings. The number of benzene rings is 1. The van der Waals surface area contributed by atoms with Crippen LogP contribution in [0.15, 0.2) is 29.2 Å². The molecule has 1 aliphatic heterocycles. The molecule has 0 amide bonds. The van der Waals surface area contributed by atoms with Gasteiger partial charge in [-0.1, -0.05) is 63.9 Å². The minimum Gasteiger partial charge on any atom is -0.122 e. The van der Waals surface area contributed by atoms with Crippen LogP contribution in [0, 0.1) is 11.3 Å². The Bertz CT molecular complexity index is 388. The van der Waals surface area contributed by atoms with Crippen molar-refractivity contribution >= 4 is 43.6 Å². The zero-order valence-corrected chi connectivity index (χ0v) is 15.7. The van der Waals surface area contributed by atoms with E-state index in [0.29, 0.717) is 5.41 Å². The molecule has 0 aliphatic carbocycles. The Morgan fingerprint density at radius 2 is 1.95 bits per heavy atom. The number of halogens is 2. The van der Waals surface area contributed by atoms with Gasteiger partial charge in [-0.25, -0.2) is 0 Å². The quantitative estimate of drug-likeness (QED) is 0.529. The second kappa shape index (κ2) is 7.00. The maximum atomic E-state index is 3.76. The zero-order chi connectivity index (χ0) is 13.9. The van der Waals surface area contributed by atoms with Crippen LogP contribution in [0.25, 0.3) is 0 Å². The van der Waals surface area contributed by atoms with Gasteiger partial charge in [0.2, 0.25) is 0 Å². The third-order valence-electron chi connectivity index (χ3n) is 3.78. The van der Waals surface area contributed by atoms with Gasteiger partial charge < -0.3 is 0 Å². The first-order valence-electron chi connectivity index (χ1n) is 6.95. The fourth-order valence-corrected chi connectivity index (χ4v) is 6.42. The predicted octanol–water partition coefficient (Wildman–Crippen LogP) is 5.92. The van der Waals surface area contributed by atoms with Crippen LogP contribution in [-0.4, -0.2) is 15.9 Å². The van der Waals surface area contributed by atoms with Crippen molar-refractivity contribution in [3.05, 3.63) is 29.8 Å². The van der Waals surface area contributed by atoms with Crippen molar-refractivity contribution < 1.29 is 0 Å². The highest BCUT2D eigenvalue weighted by Crippen LogP contribution is 2.45. The molecule has 0 nitrogen and oxygen atoms in total. The maximum absolute atomic E-state index is 3.76. The monoisotopic (exact) mass is 404 g/mol. The van der Waals surface area contributed by atoms with Crippen LogP contribution >= 0.6 is 43.6 Å². The molecule has 1 unspecified atom stereocenters. The number of hydrogen-bond donors (Lipinski definition) is 0. The Balaban J connectivity index is 2.04. The molecule has 0 aromatic heterocycles. The molecule has 3 heteroatoms. The molecule has 0 bridgehead atoms. The third-order valence-corrected chi connectivity index (χ3v) is 7.48. The normalized spacial score (nSPS) is 18.9. The van der Waals surface area contributed by atoms with E-state index in [-0.39, 0.29) is 0 Å². The number of alkyl halides is 2. The summed E-state index contributed by atoms with van der Waals surface area (Å²) in [5.41, 5.74) is 1.94. The largest absolute Gasteiger partial charge is 0.122 e. The first-order valence-corrected chi connectivity index (χ1v) is 10.1. The van der Waals surface area contributed by atoms with Gasteiger partial charge in [-0.2, -0.15) is 0 Å². The lowest BCUT2D eigenvalue weighted by Crippen LogP contribution is -2.30. The lowest BCUT2D eigenvalue weighted by atomic mass is 9.79. The Morgan fingerprint density at radius 3 is 2.53 bits per heavy atom. The highest BCUT2D eigenvalue weighted by Gasteiger charge is 2.34. The summed E-state index contributed by atoms with van der Waals surface area (Å²) >= 11 is 9.61. The molecule has 0 saturated heterocycles. The smallest absolute Gasteiger partial charge is 0.0141 e. The average molecular weight is 406 g/mol. The summed E-state index contributed by atoms with van der Waals surface area (Å²) < 4.78 is 0. The van der Waals surface area contributed by atoms with Crippen LogP contribution in [0.3, 0.4) is 0 Å². The first-order chi connectivity index (χ1) is 9.08. The van der Waals surface area contributed by atoms with E-state index in [1.807, 2.05) is 0 Å². The molecule has 1 aromatic carbocycles. The van der Waals surface area contributed by atoms with Gasteiger partial charge in [0, 0.05) is 20.8 Å². The fraction of sp³-hybridized carbons (Fsp3) is 0.625. The summed E-state index contributed by atoms with van der Waals surface area (Å²) in [6, 6.07) is 8.88. The Kier molecular flexibility index (Phi) is 5.86. The highest BCUT2D eigenvalue weighted by molar-refractivity contribution is 9.09. The molecule has 1 atom stereocenters. The molecule has 2 rings (SSSR count). The second-order valence-electron chi connectivity index (χ2n) is 6.12. The minimum atomic E-state index is 0.397. The summed E-state index contributed by atoms with van der Waals surface area (Å²) in [4.78, 5) is 1.50. The van der Waals surface area contributed by atoms with Crippen molar-refractivity contribution in [1.29, 1.82) is 0 Å². The van der Waals surface area contributed by atoms with Gasteiger partial charge in [0.1, 0.15) is 0 Å². The predicted molar refractivity (Wildman–Crippen MR) is 93.9 cm³/mol. The summed E-state index contributed by atoms with van der Waals surface area (Å²) in [5, 5.41) is 2.93. The molecule has 0 spiro atoms. The number of rotatable bonds is 6. The number of hydrogen-bond acceptors (Lipinski definition) is 1. The number of thioether (sulfide) groups is 1. The maximum Gasteiger partial charge on any atom is 0.0141 e. The van der Waals surface area contributed by atoms with E-state index >= 15 is 0 Å². The zero-order valence-electron chi connectivity index (χ0n) is 11.7. The summed E-state index contributed by atoms with van der Waals surface area (Å²) in [5.74, 6) is 0.754. The van der Waals surface area contributed by atoms with E-state index in [1.54, 1.807) is 5.56 Å². The number of fused-ring (bicyclic) bond motifs is 1. The van der Waals surface area contributed by atoms with Gasteiger partial charge >= 0.3 is 0 Å². The molecule has 0 saturated carbocycles. The molecule has 1 aliphatic rings. The van der Waals surface area contributed by atoms with Crippen LogP contribution in [0.1, 0.15) is 32.3 Å². The third kappa shape index (κ3) is 4.01. The molecule has 1 aromatic rings. The topological polar surface area (TPSA) is 0 Å². The van der Waals surface area contributed by atoms with Gasteiger partial charge in [-0.15, -0.1) is 11.8 Å². The van der Waals surface area contributed by atoms with Crippen molar-refractivity contribution in [1.82, 2.24) is 0 Å². The highest BCUT2D eigenvalue weighted by atomic mass is 79.9. The van der Waals surface area contributed by atoms with Crippen LogP contribution in [0.4, 0.5) is 0 Å². The first kappa shape index (κ1) is 15.9. The van der Waals surface area contributed by atoms with E-state index in [1.165, 1.54) is 24.2 Å². The van der Waals surface area contributed by atoms with Crippen molar-refractivity contribution in [3.63, 3.8) is 0 Å². The Hall–Kier alpha value is 0.530. The Labute approximate surface area is 138 Å². The van der Waals surface area contributed by atoms with Crippen LogP contribution in [0.5, 0.6) is 0 Å². The van der Waals surface area contributed by atoms with Gasteiger partial charge in [0.25, 0.3) is 0 Å². The molecule has 19 heavy (non-hydrogen) atoms. The summed E-state index contributed by atoms with van der Waals surface area (Å²) in [7, 11) is 0. The van der Waals surface area contributed by atoms with E-state index in [9.17, 15) is 0 Å². The molecular formula is C16H22Br2S. The van der Waals surface area contributed by atoms with Gasteiger partial charge in [-0.3, -0.25) is 0 Å². The van der Waals surface area contributed by atoms with Gasteiger partial charge in [0.05, 0.1) is 0 Å². The average Bonchev–Trinajstić information content (AvgIpc) is 2.79. The van der Waals surface area contributed by atoms with E-state index in [0.717, 1.165) is 21.8 Å². The lowest BCUT2D eigenvalue weighted by Gasteiger charge is -2.34. The van der Waals surface area contributed by atoms with Gasteiger partial charge in [-0.05, 0) is 42.2 Å². The van der Waals surface area contributed by atoms with E-state index in [4.69, 9.17) is 0 Å². The van der Waals surface area contributed by atoms with E-state index < -0.39 is 0 Å². The molecule has 106 valence electrons. The molecular weight excluding hydrogens is 384 g/mol.